The molecule has 242 valence electrons. The molecule has 45 heavy (non-hydrogen) atoms. The minimum Gasteiger partial charge on any atom is -0.481 e. The monoisotopic (exact) mass is 650 g/mol. The van der Waals surface area contributed by atoms with Gasteiger partial charge in [0.25, 0.3) is 10.0 Å². The van der Waals surface area contributed by atoms with E-state index in [2.05, 4.69) is 46.2 Å². The number of hydrogen-bond acceptors (Lipinski definition) is 7. The largest absolute Gasteiger partial charge is 0.481 e. The zero-order chi connectivity index (χ0) is 32.2. The lowest BCUT2D eigenvalue weighted by Gasteiger charge is -2.36. The van der Waals surface area contributed by atoms with Gasteiger partial charge in [0.1, 0.15) is 11.5 Å². The van der Waals surface area contributed by atoms with E-state index in [1.807, 2.05) is 48.7 Å². The van der Waals surface area contributed by atoms with Crippen LogP contribution in [0.3, 0.4) is 0 Å². The second-order valence-electron chi connectivity index (χ2n) is 13.1. The molecular formula is C35H46N4O4S2. The summed E-state index contributed by atoms with van der Waals surface area (Å²) in [5.41, 5.74) is 2.22. The van der Waals surface area contributed by atoms with Crippen LogP contribution in [0.25, 0.3) is 5.70 Å². The Balaban J connectivity index is 1.56. The first-order chi connectivity index (χ1) is 21.4. The van der Waals surface area contributed by atoms with Gasteiger partial charge in [0, 0.05) is 34.9 Å². The van der Waals surface area contributed by atoms with Crippen LogP contribution in [0.4, 0.5) is 5.82 Å². The van der Waals surface area contributed by atoms with Gasteiger partial charge in [0.05, 0.1) is 11.1 Å². The predicted octanol–water partition coefficient (Wildman–Crippen LogP) is 6.73. The zero-order valence-electron chi connectivity index (χ0n) is 26.8. The van der Waals surface area contributed by atoms with E-state index in [9.17, 15) is 18.3 Å². The summed E-state index contributed by atoms with van der Waals surface area (Å²) in [7, 11) is -4.08. The summed E-state index contributed by atoms with van der Waals surface area (Å²) in [4.78, 5) is 20.1. The number of sulfonamides is 1. The minimum absolute atomic E-state index is 0.0992. The van der Waals surface area contributed by atoms with Gasteiger partial charge in [-0.05, 0) is 69.2 Å². The molecule has 0 amide bonds. The van der Waals surface area contributed by atoms with Gasteiger partial charge in [-0.15, -0.1) is 11.8 Å². The Morgan fingerprint density at radius 2 is 1.93 bits per heavy atom. The first-order valence-electron chi connectivity index (χ1n) is 16.1. The number of carbonyl (C=O) groups is 1. The van der Waals surface area contributed by atoms with E-state index in [0.29, 0.717) is 24.7 Å². The molecule has 4 bridgehead atoms. The molecule has 5 rings (SSSR count). The van der Waals surface area contributed by atoms with Crippen molar-refractivity contribution >= 4 is 39.3 Å². The van der Waals surface area contributed by atoms with Crippen molar-refractivity contribution in [1.29, 1.82) is 0 Å². The summed E-state index contributed by atoms with van der Waals surface area (Å²) >= 11 is 1.83. The molecule has 3 aliphatic rings. The molecule has 0 saturated carbocycles. The van der Waals surface area contributed by atoms with E-state index in [-0.39, 0.29) is 11.6 Å². The number of anilines is 1. The third kappa shape index (κ3) is 7.67. The lowest BCUT2D eigenvalue weighted by molar-refractivity contribution is -0.147. The first kappa shape index (κ1) is 33.3. The average Bonchev–Trinajstić information content (AvgIpc) is 3.43. The van der Waals surface area contributed by atoms with Crippen LogP contribution in [0.15, 0.2) is 76.2 Å². The van der Waals surface area contributed by atoms with E-state index < -0.39 is 27.1 Å². The smallest absolute Gasteiger partial charge is 0.311 e. The molecule has 0 radical (unpaired) electrons. The van der Waals surface area contributed by atoms with Gasteiger partial charge in [-0.3, -0.25) is 4.79 Å². The Hall–Kier alpha value is -3.08. The van der Waals surface area contributed by atoms with Crippen molar-refractivity contribution in [2.24, 2.45) is 11.3 Å². The van der Waals surface area contributed by atoms with Crippen molar-refractivity contribution in [3.63, 3.8) is 0 Å². The van der Waals surface area contributed by atoms with E-state index in [1.165, 1.54) is 16.5 Å². The number of aryl methyl sites for hydroxylation is 1. The second kappa shape index (κ2) is 13.7. The number of hydrogen-bond donors (Lipinski definition) is 3. The van der Waals surface area contributed by atoms with E-state index >= 15 is 0 Å². The topological polar surface area (TPSA) is 112 Å². The third-order valence-electron chi connectivity index (χ3n) is 8.86. The molecule has 3 N–H and O–H groups in total. The van der Waals surface area contributed by atoms with Crippen molar-refractivity contribution in [3.8, 4) is 0 Å². The molecular weight excluding hydrogens is 605 g/mol. The molecule has 10 heteroatoms. The number of benzene rings is 1. The lowest BCUT2D eigenvalue weighted by atomic mass is 9.85. The minimum atomic E-state index is -4.08. The van der Waals surface area contributed by atoms with E-state index in [0.717, 1.165) is 61.1 Å². The summed E-state index contributed by atoms with van der Waals surface area (Å²) in [6.07, 6.45) is 12.3. The fourth-order valence-corrected chi connectivity index (χ4v) is 8.89. The van der Waals surface area contributed by atoms with Gasteiger partial charge in [-0.2, -0.15) is 4.72 Å². The molecule has 0 aliphatic carbocycles. The normalized spacial score (nSPS) is 25.0. The molecule has 0 fully saturated rings. The standard InChI is InChI=1S/C35H46N4O4S2/c1-5-19-34(3,33(40)41)24-39-21-11-7-6-8-13-26-14-9-10-15-27(26)32-28(29-22-25(2)23-44-29)18-20-35(4,37-32)38-45(42,43)31-17-12-16-30(39)36-31/h9-10,12,14-18,20,22,25,37-38H,5-8,11,13,19,21,23-24H2,1-4H3,(H,40,41)/t25?,34-,35?/m1/s1. The number of thioether (sulfide) groups is 1. The van der Waals surface area contributed by atoms with Gasteiger partial charge in [-0.1, -0.05) is 75.6 Å². The van der Waals surface area contributed by atoms with Crippen molar-refractivity contribution < 1.29 is 18.3 Å². The van der Waals surface area contributed by atoms with Gasteiger partial charge < -0.3 is 15.3 Å². The fourth-order valence-electron chi connectivity index (χ4n) is 6.44. The summed E-state index contributed by atoms with van der Waals surface area (Å²) in [5, 5.41) is 13.6. The average molecular weight is 651 g/mol. The second-order valence-corrected chi connectivity index (χ2v) is 15.8. The van der Waals surface area contributed by atoms with Crippen LogP contribution in [0.1, 0.15) is 77.3 Å². The zero-order valence-corrected chi connectivity index (χ0v) is 28.4. The molecule has 2 aromatic rings. The molecule has 1 aromatic carbocycles. The number of carboxylic acids is 1. The Morgan fingerprint density at radius 1 is 1.16 bits per heavy atom. The molecule has 1 aromatic heterocycles. The van der Waals surface area contributed by atoms with Gasteiger partial charge in [0.2, 0.25) is 0 Å². The Morgan fingerprint density at radius 3 is 2.67 bits per heavy atom. The highest BCUT2D eigenvalue weighted by Gasteiger charge is 2.37. The van der Waals surface area contributed by atoms with Crippen molar-refractivity contribution in [2.45, 2.75) is 83.3 Å². The van der Waals surface area contributed by atoms with Crippen LogP contribution in [0.2, 0.25) is 0 Å². The van der Waals surface area contributed by atoms with Crippen molar-refractivity contribution in [3.05, 3.63) is 82.3 Å². The van der Waals surface area contributed by atoms with Crippen molar-refractivity contribution in [2.75, 3.05) is 23.7 Å². The maximum atomic E-state index is 14.0. The summed E-state index contributed by atoms with van der Waals surface area (Å²) in [5.74, 6) is 1.10. The number of rotatable bonds is 6. The van der Waals surface area contributed by atoms with Crippen LogP contribution in [0, 0.1) is 11.3 Å². The number of nitrogens with zero attached hydrogens (tertiary/aromatic N) is 2. The maximum absolute atomic E-state index is 14.0. The quantitative estimate of drug-likeness (QED) is 0.316. The number of allylic oxidation sites excluding steroid dienone is 3. The van der Waals surface area contributed by atoms with E-state index in [1.54, 1.807) is 19.1 Å². The molecule has 8 nitrogen and oxygen atoms in total. The van der Waals surface area contributed by atoms with Crippen LogP contribution in [0.5, 0.6) is 0 Å². The number of nitrogens with one attached hydrogen (secondary N) is 2. The molecule has 2 unspecified atom stereocenters. The highest BCUT2D eigenvalue weighted by molar-refractivity contribution is 8.03. The SMILES string of the molecule is CCC[C@](C)(CN1CCCCCCc2ccccc2C2=C(C3=CC(C)CS3)C=CC(C)(N2)NS(=O)(=O)c2cccc1n2)C(=O)O. The predicted molar refractivity (Wildman–Crippen MR) is 183 cm³/mol. The number of carboxylic acid groups (broad SMARTS) is 1. The molecule has 0 spiro atoms. The highest BCUT2D eigenvalue weighted by atomic mass is 32.2. The number of fused-ring (bicyclic) bond motifs is 6. The van der Waals surface area contributed by atoms with Gasteiger partial charge in [-0.25, -0.2) is 13.4 Å². The third-order valence-corrected chi connectivity index (χ3v) is 11.7. The van der Waals surface area contributed by atoms with E-state index in [4.69, 9.17) is 0 Å². The summed E-state index contributed by atoms with van der Waals surface area (Å²) < 4.78 is 30.8. The molecule has 3 atom stereocenters. The van der Waals surface area contributed by atoms with Crippen LogP contribution >= 0.6 is 11.8 Å². The molecule has 3 aliphatic heterocycles. The summed E-state index contributed by atoms with van der Waals surface area (Å²) in [6.45, 7) is 8.63. The fraction of sp³-hybridized carbons (Fsp3) is 0.486. The Bertz CT molecular complexity index is 1620. The maximum Gasteiger partial charge on any atom is 0.311 e. The van der Waals surface area contributed by atoms with Crippen LogP contribution in [-0.4, -0.2) is 49.0 Å². The number of pyridine rings is 1. The molecule has 0 saturated heterocycles. The Labute approximate surface area is 272 Å². The molecule has 4 heterocycles. The van der Waals surface area contributed by atoms with Crippen LogP contribution < -0.4 is 14.9 Å². The number of aromatic nitrogens is 1. The summed E-state index contributed by atoms with van der Waals surface area (Å²) in [6, 6.07) is 13.4. The van der Waals surface area contributed by atoms with Crippen molar-refractivity contribution in [1.82, 2.24) is 15.0 Å². The lowest BCUT2D eigenvalue weighted by Crippen LogP contribution is -2.55. The number of aliphatic carboxylic acids is 1. The first-order valence-corrected chi connectivity index (χ1v) is 18.5. The number of dihydropyridines is 1. The Kier molecular flexibility index (Phi) is 10.2. The van der Waals surface area contributed by atoms with Gasteiger partial charge in [0.15, 0.2) is 5.03 Å². The van der Waals surface area contributed by atoms with Gasteiger partial charge >= 0.3 is 5.97 Å². The van der Waals surface area contributed by atoms with Crippen LogP contribution in [-0.2, 0) is 21.2 Å². The highest BCUT2D eigenvalue weighted by Crippen LogP contribution is 2.41.